The second-order valence-electron chi connectivity index (χ2n) is 5.61. The molecule has 0 radical (unpaired) electrons. The number of hydrogen-bond donors (Lipinski definition) is 1. The molecule has 0 aliphatic carbocycles. The Balaban J connectivity index is 1.59. The van der Waals surface area contributed by atoms with Crippen LogP contribution < -0.4 is 0 Å². The van der Waals surface area contributed by atoms with E-state index >= 15 is 0 Å². The van der Waals surface area contributed by atoms with E-state index in [9.17, 15) is 9.59 Å². The third-order valence-electron chi connectivity index (χ3n) is 4.02. The summed E-state index contributed by atoms with van der Waals surface area (Å²) in [5.41, 5.74) is 1.37. The van der Waals surface area contributed by atoms with Crippen molar-refractivity contribution in [3.8, 4) is 0 Å². The molecule has 2 aromatic rings. The van der Waals surface area contributed by atoms with Gasteiger partial charge in [0.15, 0.2) is 0 Å². The SMILES string of the molecule is O=C(Cc1ccc[nH]1)N1CCCN(C(=O)c2ccccn2)CC1. The fourth-order valence-corrected chi connectivity index (χ4v) is 2.77. The van der Waals surface area contributed by atoms with Gasteiger partial charge in [0.1, 0.15) is 5.69 Å². The molecule has 1 aliphatic heterocycles. The van der Waals surface area contributed by atoms with Gasteiger partial charge in [-0.15, -0.1) is 0 Å². The van der Waals surface area contributed by atoms with Crippen molar-refractivity contribution in [1.82, 2.24) is 19.8 Å². The van der Waals surface area contributed by atoms with Crippen LogP contribution in [0.4, 0.5) is 0 Å². The number of rotatable bonds is 3. The van der Waals surface area contributed by atoms with Crippen LogP contribution in [0.2, 0.25) is 0 Å². The van der Waals surface area contributed by atoms with Crippen molar-refractivity contribution >= 4 is 11.8 Å². The second kappa shape index (κ2) is 7.09. The molecule has 0 saturated carbocycles. The molecule has 2 aromatic heterocycles. The lowest BCUT2D eigenvalue weighted by Crippen LogP contribution is -2.38. The number of amides is 2. The molecular weight excluding hydrogens is 292 g/mol. The summed E-state index contributed by atoms with van der Waals surface area (Å²) >= 11 is 0. The highest BCUT2D eigenvalue weighted by atomic mass is 16.2. The average molecular weight is 312 g/mol. The third kappa shape index (κ3) is 3.77. The molecule has 1 saturated heterocycles. The number of hydrogen-bond acceptors (Lipinski definition) is 3. The predicted molar refractivity (Wildman–Crippen MR) is 85.8 cm³/mol. The van der Waals surface area contributed by atoms with E-state index in [2.05, 4.69) is 9.97 Å². The zero-order valence-electron chi connectivity index (χ0n) is 12.9. The molecule has 1 fully saturated rings. The third-order valence-corrected chi connectivity index (χ3v) is 4.02. The number of nitrogens with zero attached hydrogens (tertiary/aromatic N) is 3. The lowest BCUT2D eigenvalue weighted by molar-refractivity contribution is -0.130. The number of H-pyrrole nitrogens is 1. The van der Waals surface area contributed by atoms with Gasteiger partial charge in [-0.25, -0.2) is 0 Å². The Hall–Kier alpha value is -2.63. The molecule has 2 amide bonds. The van der Waals surface area contributed by atoms with Gasteiger partial charge in [0.05, 0.1) is 6.42 Å². The van der Waals surface area contributed by atoms with Crippen molar-refractivity contribution in [1.29, 1.82) is 0 Å². The van der Waals surface area contributed by atoms with Gasteiger partial charge in [-0.05, 0) is 30.7 Å². The first-order valence-corrected chi connectivity index (χ1v) is 7.84. The molecule has 0 aromatic carbocycles. The quantitative estimate of drug-likeness (QED) is 0.929. The van der Waals surface area contributed by atoms with Gasteiger partial charge in [-0.2, -0.15) is 0 Å². The van der Waals surface area contributed by atoms with E-state index in [-0.39, 0.29) is 11.8 Å². The van der Waals surface area contributed by atoms with Gasteiger partial charge in [-0.1, -0.05) is 6.07 Å². The van der Waals surface area contributed by atoms with Crippen LogP contribution in [-0.4, -0.2) is 57.8 Å². The molecule has 1 N–H and O–H groups in total. The molecule has 6 nitrogen and oxygen atoms in total. The summed E-state index contributed by atoms with van der Waals surface area (Å²) in [5, 5.41) is 0. The Kier molecular flexibility index (Phi) is 4.71. The Morgan fingerprint density at radius 3 is 2.61 bits per heavy atom. The summed E-state index contributed by atoms with van der Waals surface area (Å²) in [6.45, 7) is 2.46. The van der Waals surface area contributed by atoms with Crippen LogP contribution >= 0.6 is 0 Å². The molecule has 120 valence electrons. The minimum atomic E-state index is -0.0655. The van der Waals surface area contributed by atoms with E-state index in [1.165, 1.54) is 0 Å². The van der Waals surface area contributed by atoms with Gasteiger partial charge in [0, 0.05) is 44.3 Å². The Bertz CT molecular complexity index is 654. The normalized spacial score (nSPS) is 15.3. The molecule has 0 bridgehead atoms. The standard InChI is InChI=1S/C17H20N4O2/c22-16(13-14-5-3-8-18-14)20-9-4-10-21(12-11-20)17(23)15-6-1-2-7-19-15/h1-3,5-8,18H,4,9-13H2. The second-order valence-corrected chi connectivity index (χ2v) is 5.61. The molecule has 0 atom stereocenters. The van der Waals surface area contributed by atoms with Crippen molar-refractivity contribution in [2.75, 3.05) is 26.2 Å². The maximum atomic E-state index is 12.4. The van der Waals surface area contributed by atoms with Gasteiger partial charge in [-0.3, -0.25) is 14.6 Å². The van der Waals surface area contributed by atoms with Crippen LogP contribution in [0.15, 0.2) is 42.7 Å². The molecule has 0 spiro atoms. The topological polar surface area (TPSA) is 69.3 Å². The summed E-state index contributed by atoms with van der Waals surface area (Å²) < 4.78 is 0. The van der Waals surface area contributed by atoms with Crippen molar-refractivity contribution in [2.24, 2.45) is 0 Å². The molecule has 0 unspecified atom stereocenters. The number of nitrogens with one attached hydrogen (secondary N) is 1. The van der Waals surface area contributed by atoms with Crippen LogP contribution in [0, 0.1) is 0 Å². The smallest absolute Gasteiger partial charge is 0.272 e. The summed E-state index contributed by atoms with van der Waals surface area (Å²) in [5.74, 6) is 0.0313. The van der Waals surface area contributed by atoms with Gasteiger partial charge < -0.3 is 14.8 Å². The highest BCUT2D eigenvalue weighted by Gasteiger charge is 2.23. The zero-order valence-corrected chi connectivity index (χ0v) is 12.9. The minimum Gasteiger partial charge on any atom is -0.365 e. The number of aromatic nitrogens is 2. The maximum Gasteiger partial charge on any atom is 0.272 e. The summed E-state index contributed by atoms with van der Waals surface area (Å²) in [7, 11) is 0. The Labute approximate surface area is 135 Å². The fourth-order valence-electron chi connectivity index (χ4n) is 2.77. The molecule has 6 heteroatoms. The minimum absolute atomic E-state index is 0.0655. The predicted octanol–water partition coefficient (Wildman–Crippen LogP) is 1.33. The Morgan fingerprint density at radius 1 is 1.04 bits per heavy atom. The molecule has 3 heterocycles. The van der Waals surface area contributed by atoms with Crippen LogP contribution in [0.1, 0.15) is 22.6 Å². The van der Waals surface area contributed by atoms with E-state index in [0.29, 0.717) is 38.3 Å². The maximum absolute atomic E-state index is 12.4. The molecule has 3 rings (SSSR count). The Morgan fingerprint density at radius 2 is 1.87 bits per heavy atom. The van der Waals surface area contributed by atoms with Crippen molar-refractivity contribution in [3.05, 3.63) is 54.1 Å². The highest BCUT2D eigenvalue weighted by molar-refractivity contribution is 5.92. The lowest BCUT2D eigenvalue weighted by Gasteiger charge is -2.22. The fraction of sp³-hybridized carbons (Fsp3) is 0.353. The monoisotopic (exact) mass is 312 g/mol. The molecule has 1 aliphatic rings. The van der Waals surface area contributed by atoms with Crippen molar-refractivity contribution in [2.45, 2.75) is 12.8 Å². The number of aromatic amines is 1. The number of carbonyl (C=O) groups is 2. The lowest BCUT2D eigenvalue weighted by atomic mass is 10.2. The first kappa shape index (κ1) is 15.3. The van der Waals surface area contributed by atoms with Gasteiger partial charge in [0.2, 0.25) is 5.91 Å². The first-order chi connectivity index (χ1) is 11.2. The molecular formula is C17H20N4O2. The zero-order chi connectivity index (χ0) is 16.1. The molecule has 23 heavy (non-hydrogen) atoms. The summed E-state index contributed by atoms with van der Waals surface area (Å²) in [4.78, 5) is 35.6. The van der Waals surface area contributed by atoms with E-state index in [0.717, 1.165) is 12.1 Å². The summed E-state index contributed by atoms with van der Waals surface area (Å²) in [6, 6.07) is 9.12. The van der Waals surface area contributed by atoms with Crippen molar-refractivity contribution < 1.29 is 9.59 Å². The average Bonchev–Trinajstić information content (AvgIpc) is 2.96. The van der Waals surface area contributed by atoms with Crippen LogP contribution in [-0.2, 0) is 11.2 Å². The van der Waals surface area contributed by atoms with Crippen LogP contribution in [0.25, 0.3) is 0 Å². The van der Waals surface area contributed by atoms with Gasteiger partial charge in [0.25, 0.3) is 5.91 Å². The van der Waals surface area contributed by atoms with E-state index in [4.69, 9.17) is 0 Å². The van der Waals surface area contributed by atoms with E-state index in [1.54, 1.807) is 23.2 Å². The summed E-state index contributed by atoms with van der Waals surface area (Å²) in [6.07, 6.45) is 4.60. The number of carbonyl (C=O) groups excluding carboxylic acids is 2. The largest absolute Gasteiger partial charge is 0.365 e. The van der Waals surface area contributed by atoms with Gasteiger partial charge >= 0.3 is 0 Å². The first-order valence-electron chi connectivity index (χ1n) is 7.84. The van der Waals surface area contributed by atoms with E-state index < -0.39 is 0 Å². The van der Waals surface area contributed by atoms with Crippen LogP contribution in [0.5, 0.6) is 0 Å². The van der Waals surface area contributed by atoms with Crippen molar-refractivity contribution in [3.63, 3.8) is 0 Å². The number of pyridine rings is 1. The van der Waals surface area contributed by atoms with E-state index in [1.807, 2.05) is 29.3 Å². The highest BCUT2D eigenvalue weighted by Crippen LogP contribution is 2.09. The van der Waals surface area contributed by atoms with Crippen LogP contribution in [0.3, 0.4) is 0 Å².